The van der Waals surface area contributed by atoms with Gasteiger partial charge in [0.2, 0.25) is 0 Å². The van der Waals surface area contributed by atoms with E-state index in [1.165, 1.54) is 0 Å². The van der Waals surface area contributed by atoms with Crippen LogP contribution in [-0.2, 0) is 6.18 Å². The van der Waals surface area contributed by atoms with Gasteiger partial charge in [-0.2, -0.15) is 13.2 Å². The standard InChI is InChI=1S/C14H17F4NO/c1-9(2)19-7-3-4-13(20)10-5-6-11(12(15)8-10)14(16,17)18/h5-6,8-9,19H,3-4,7H2,1-2H3. The van der Waals surface area contributed by atoms with Crippen molar-refractivity contribution in [2.75, 3.05) is 6.54 Å². The van der Waals surface area contributed by atoms with Gasteiger partial charge in [-0.25, -0.2) is 4.39 Å². The Bertz CT molecular complexity index is 469. The summed E-state index contributed by atoms with van der Waals surface area (Å²) in [5.41, 5.74) is -1.38. The highest BCUT2D eigenvalue weighted by molar-refractivity contribution is 5.96. The molecule has 20 heavy (non-hydrogen) atoms. The third kappa shape index (κ3) is 4.92. The van der Waals surface area contributed by atoms with Crippen molar-refractivity contribution in [3.8, 4) is 0 Å². The quantitative estimate of drug-likeness (QED) is 0.490. The zero-order valence-corrected chi connectivity index (χ0v) is 11.4. The first-order chi connectivity index (χ1) is 9.21. The van der Waals surface area contributed by atoms with Crippen molar-refractivity contribution in [2.45, 2.75) is 38.9 Å². The molecule has 0 aliphatic rings. The summed E-state index contributed by atoms with van der Waals surface area (Å²) >= 11 is 0. The Kier molecular flexibility index (Phi) is 5.68. The molecule has 112 valence electrons. The second-order valence-corrected chi connectivity index (χ2v) is 4.83. The highest BCUT2D eigenvalue weighted by atomic mass is 19.4. The third-order valence-electron chi connectivity index (χ3n) is 2.73. The second-order valence-electron chi connectivity index (χ2n) is 4.83. The number of hydrogen-bond acceptors (Lipinski definition) is 2. The van der Waals surface area contributed by atoms with Crippen molar-refractivity contribution in [3.05, 3.63) is 35.1 Å². The Balaban J connectivity index is 2.64. The van der Waals surface area contributed by atoms with Crippen LogP contribution in [0.1, 0.15) is 42.6 Å². The first-order valence-corrected chi connectivity index (χ1v) is 6.35. The summed E-state index contributed by atoms with van der Waals surface area (Å²) in [7, 11) is 0. The van der Waals surface area contributed by atoms with Gasteiger partial charge in [-0.3, -0.25) is 4.79 Å². The average molecular weight is 291 g/mol. The SMILES string of the molecule is CC(C)NCCCC(=O)c1ccc(C(F)(F)F)c(F)c1. The van der Waals surface area contributed by atoms with Gasteiger partial charge in [-0.15, -0.1) is 0 Å². The molecule has 0 aliphatic heterocycles. The fraction of sp³-hybridized carbons (Fsp3) is 0.500. The maximum Gasteiger partial charge on any atom is 0.419 e. The van der Waals surface area contributed by atoms with Crippen molar-refractivity contribution in [1.82, 2.24) is 5.32 Å². The molecule has 2 nitrogen and oxygen atoms in total. The van der Waals surface area contributed by atoms with E-state index in [0.717, 1.165) is 6.07 Å². The van der Waals surface area contributed by atoms with Crippen LogP contribution in [0, 0.1) is 5.82 Å². The second kappa shape index (κ2) is 6.83. The number of carbonyl (C=O) groups excluding carboxylic acids is 1. The smallest absolute Gasteiger partial charge is 0.315 e. The molecule has 0 saturated carbocycles. The van der Waals surface area contributed by atoms with E-state index in [1.54, 1.807) is 0 Å². The molecule has 0 saturated heterocycles. The van der Waals surface area contributed by atoms with Gasteiger partial charge in [0.1, 0.15) is 5.82 Å². The fourth-order valence-corrected chi connectivity index (χ4v) is 1.70. The topological polar surface area (TPSA) is 29.1 Å². The van der Waals surface area contributed by atoms with Crippen LogP contribution in [0.15, 0.2) is 18.2 Å². The molecule has 0 heterocycles. The number of Topliss-reactive ketones (excluding diaryl/α,β-unsaturated/α-hetero) is 1. The van der Waals surface area contributed by atoms with Gasteiger partial charge >= 0.3 is 6.18 Å². The molecule has 0 unspecified atom stereocenters. The van der Waals surface area contributed by atoms with Gasteiger partial charge in [0.05, 0.1) is 5.56 Å². The molecule has 1 N–H and O–H groups in total. The molecular weight excluding hydrogens is 274 g/mol. The van der Waals surface area contributed by atoms with Gasteiger partial charge in [-0.1, -0.05) is 19.9 Å². The highest BCUT2D eigenvalue weighted by Crippen LogP contribution is 2.31. The number of rotatable bonds is 6. The van der Waals surface area contributed by atoms with E-state index in [9.17, 15) is 22.4 Å². The Morgan fingerprint density at radius 3 is 2.45 bits per heavy atom. The summed E-state index contributed by atoms with van der Waals surface area (Å²) < 4.78 is 50.4. The van der Waals surface area contributed by atoms with Crippen LogP contribution in [0.2, 0.25) is 0 Å². The van der Waals surface area contributed by atoms with Crippen LogP contribution in [0.4, 0.5) is 17.6 Å². The molecule has 1 aromatic rings. The van der Waals surface area contributed by atoms with Gasteiger partial charge in [0.25, 0.3) is 0 Å². The average Bonchev–Trinajstić information content (AvgIpc) is 2.32. The first-order valence-electron chi connectivity index (χ1n) is 6.35. The number of alkyl halides is 3. The monoisotopic (exact) mass is 291 g/mol. The van der Waals surface area contributed by atoms with Crippen molar-refractivity contribution in [3.63, 3.8) is 0 Å². The van der Waals surface area contributed by atoms with E-state index in [1.807, 2.05) is 13.8 Å². The number of ketones is 1. The number of carbonyl (C=O) groups is 1. The van der Waals surface area contributed by atoms with E-state index in [4.69, 9.17) is 0 Å². The predicted molar refractivity (Wildman–Crippen MR) is 68.1 cm³/mol. The number of hydrogen-bond donors (Lipinski definition) is 1. The molecule has 1 aromatic carbocycles. The minimum Gasteiger partial charge on any atom is -0.315 e. The Morgan fingerprint density at radius 1 is 1.30 bits per heavy atom. The Labute approximate surface area is 115 Å². The normalized spacial score (nSPS) is 11.9. The molecule has 0 atom stereocenters. The van der Waals surface area contributed by atoms with Crippen molar-refractivity contribution < 1.29 is 22.4 Å². The van der Waals surface area contributed by atoms with E-state index in [2.05, 4.69) is 5.32 Å². The summed E-state index contributed by atoms with van der Waals surface area (Å²) in [6.45, 7) is 4.56. The van der Waals surface area contributed by atoms with Crippen molar-refractivity contribution in [1.29, 1.82) is 0 Å². The molecule has 0 bridgehead atoms. The van der Waals surface area contributed by atoms with E-state index in [-0.39, 0.29) is 17.8 Å². The highest BCUT2D eigenvalue weighted by Gasteiger charge is 2.34. The minimum absolute atomic E-state index is 0.0277. The van der Waals surface area contributed by atoms with Crippen molar-refractivity contribution in [2.24, 2.45) is 0 Å². The number of halogens is 4. The molecule has 0 aromatic heterocycles. The first kappa shape index (κ1) is 16.6. The molecular formula is C14H17F4NO. The molecule has 0 amide bonds. The largest absolute Gasteiger partial charge is 0.419 e. The van der Waals surface area contributed by atoms with Gasteiger partial charge in [0, 0.05) is 18.0 Å². The van der Waals surface area contributed by atoms with Crippen molar-refractivity contribution >= 4 is 5.78 Å². The van der Waals surface area contributed by atoms with E-state index in [0.29, 0.717) is 31.1 Å². The molecule has 0 spiro atoms. The van der Waals surface area contributed by atoms with Crippen LogP contribution >= 0.6 is 0 Å². The lowest BCUT2D eigenvalue weighted by atomic mass is 10.0. The minimum atomic E-state index is -4.74. The van der Waals surface area contributed by atoms with Crippen LogP contribution < -0.4 is 5.32 Å². The van der Waals surface area contributed by atoms with Crippen LogP contribution in [0.5, 0.6) is 0 Å². The van der Waals surface area contributed by atoms with Crippen LogP contribution in [0.25, 0.3) is 0 Å². The number of benzene rings is 1. The predicted octanol–water partition coefficient (Wildman–Crippen LogP) is 3.81. The maximum atomic E-state index is 13.3. The van der Waals surface area contributed by atoms with Crippen LogP contribution in [0.3, 0.4) is 0 Å². The Morgan fingerprint density at radius 2 is 1.95 bits per heavy atom. The zero-order chi connectivity index (χ0) is 15.3. The molecule has 0 aliphatic carbocycles. The van der Waals surface area contributed by atoms with Gasteiger partial charge < -0.3 is 5.32 Å². The lowest BCUT2D eigenvalue weighted by Crippen LogP contribution is -2.24. The fourth-order valence-electron chi connectivity index (χ4n) is 1.70. The zero-order valence-electron chi connectivity index (χ0n) is 11.4. The summed E-state index contributed by atoms with van der Waals surface area (Å²) in [6.07, 6.45) is -4.02. The van der Waals surface area contributed by atoms with E-state index >= 15 is 0 Å². The van der Waals surface area contributed by atoms with E-state index < -0.39 is 17.6 Å². The summed E-state index contributed by atoms with van der Waals surface area (Å²) in [5, 5.41) is 3.12. The lowest BCUT2D eigenvalue weighted by Gasteiger charge is -2.09. The third-order valence-corrected chi connectivity index (χ3v) is 2.73. The molecule has 6 heteroatoms. The molecule has 1 rings (SSSR count). The summed E-state index contributed by atoms with van der Waals surface area (Å²) in [4.78, 5) is 11.7. The summed E-state index contributed by atoms with van der Waals surface area (Å²) in [5.74, 6) is -1.77. The summed E-state index contributed by atoms with van der Waals surface area (Å²) in [6, 6.07) is 2.58. The number of nitrogens with one attached hydrogen (secondary N) is 1. The van der Waals surface area contributed by atoms with Gasteiger partial charge in [-0.05, 0) is 25.1 Å². The lowest BCUT2D eigenvalue weighted by molar-refractivity contribution is -0.140. The molecule has 0 radical (unpaired) electrons. The van der Waals surface area contributed by atoms with Crippen LogP contribution in [-0.4, -0.2) is 18.4 Å². The van der Waals surface area contributed by atoms with Gasteiger partial charge in [0.15, 0.2) is 5.78 Å². The Hall–Kier alpha value is -1.43. The maximum absolute atomic E-state index is 13.3. The molecule has 0 fully saturated rings.